The predicted molar refractivity (Wildman–Crippen MR) is 3.36 cm³/mol. The molecule has 4 heavy (non-hydrogen) atoms. The largest absolute Gasteiger partial charge is 3.00 e. The van der Waals surface area contributed by atoms with E-state index >= 15 is 0 Å². The van der Waals surface area contributed by atoms with E-state index in [-0.39, 0.29) is 91.7 Å². The molecule has 0 atom stereocenters. The van der Waals surface area contributed by atoms with Gasteiger partial charge in [-0.05, 0) is 0 Å². The second-order valence-electron chi connectivity index (χ2n) is 0. The van der Waals surface area contributed by atoms with Gasteiger partial charge in [0, 0.05) is 44.8 Å². The van der Waals surface area contributed by atoms with Crippen molar-refractivity contribution in [2.24, 2.45) is 0 Å². The van der Waals surface area contributed by atoms with Crippen LogP contribution < -0.4 is 0 Å². The van der Waals surface area contributed by atoms with Crippen molar-refractivity contribution in [3.8, 4) is 0 Å². The van der Waals surface area contributed by atoms with Gasteiger partial charge in [-0.3, -0.25) is 0 Å². The third-order valence-corrected chi connectivity index (χ3v) is 0. The SMILES string of the molecule is [N-3].[Nb].[Nb].[Nd+3]. The summed E-state index contributed by atoms with van der Waals surface area (Å²) in [6, 6.07) is 0. The van der Waals surface area contributed by atoms with Crippen molar-refractivity contribution in [3.05, 3.63) is 6.15 Å². The van der Waals surface area contributed by atoms with Gasteiger partial charge >= 0.3 is 40.8 Å². The van der Waals surface area contributed by atoms with Crippen molar-refractivity contribution in [1.82, 2.24) is 0 Å². The van der Waals surface area contributed by atoms with Gasteiger partial charge in [0.05, 0.1) is 0 Å². The van der Waals surface area contributed by atoms with Crippen LogP contribution in [-0.4, -0.2) is 0 Å². The Bertz CT molecular complexity index is 6.00. The van der Waals surface area contributed by atoms with Gasteiger partial charge < -0.3 is 6.15 Å². The van der Waals surface area contributed by atoms with Gasteiger partial charge in [0.1, 0.15) is 0 Å². The summed E-state index contributed by atoms with van der Waals surface area (Å²) < 4.78 is 0. The minimum atomic E-state index is 0. The van der Waals surface area contributed by atoms with Gasteiger partial charge in [0.2, 0.25) is 0 Å². The summed E-state index contributed by atoms with van der Waals surface area (Å²) in [5, 5.41) is 0. The zero-order chi connectivity index (χ0) is 0. The van der Waals surface area contributed by atoms with Crippen LogP contribution >= 0.6 is 0 Å². The Labute approximate surface area is 89.8 Å². The van der Waals surface area contributed by atoms with E-state index in [1.807, 2.05) is 0 Å². The Morgan fingerprint density at radius 1 is 0.750 bits per heavy atom. The maximum absolute atomic E-state index is 0. The van der Waals surface area contributed by atoms with Crippen LogP contribution in [0, 0.1) is 40.8 Å². The first-order chi connectivity index (χ1) is 0. The molecule has 0 aromatic rings. The molecule has 1 nitrogen and oxygen atoms in total. The van der Waals surface area contributed by atoms with Crippen LogP contribution in [0.2, 0.25) is 0 Å². The van der Waals surface area contributed by atoms with Gasteiger partial charge in [-0.2, -0.15) is 0 Å². The molecular weight excluding hydrogens is 344 g/mol. The maximum atomic E-state index is 0. The molecule has 0 aromatic heterocycles. The molecule has 0 bridgehead atoms. The fourth-order valence-electron chi connectivity index (χ4n) is 0. The van der Waals surface area contributed by atoms with Gasteiger partial charge in [0.15, 0.2) is 0 Å². The van der Waals surface area contributed by atoms with E-state index in [2.05, 4.69) is 0 Å². The maximum Gasteiger partial charge on any atom is 3.00 e. The van der Waals surface area contributed by atoms with Crippen LogP contribution in [0.4, 0.5) is 0 Å². The fraction of sp³-hybridized carbons (Fsp3) is 0. The second-order valence-corrected chi connectivity index (χ2v) is 0. The number of rotatable bonds is 0. The Balaban J connectivity index is 0. The summed E-state index contributed by atoms with van der Waals surface area (Å²) in [7, 11) is 0. The van der Waals surface area contributed by atoms with Crippen molar-refractivity contribution in [3.63, 3.8) is 0 Å². The zero-order valence-corrected chi connectivity index (χ0v) is 9.45. The summed E-state index contributed by atoms with van der Waals surface area (Å²) in [6.07, 6.45) is 0. The molecule has 0 aliphatic heterocycles. The van der Waals surface area contributed by atoms with Gasteiger partial charge in [-0.25, -0.2) is 0 Å². The molecule has 0 spiro atoms. The van der Waals surface area contributed by atoms with Crippen molar-refractivity contribution < 1.29 is 85.6 Å². The Morgan fingerprint density at radius 3 is 0.750 bits per heavy atom. The standard InChI is InChI=1S/N.2Nb.Nd/q-3;;;+3. The van der Waals surface area contributed by atoms with Crippen molar-refractivity contribution in [1.29, 1.82) is 0 Å². The minimum Gasteiger partial charge on any atom is -3.00 e. The molecule has 0 saturated heterocycles. The summed E-state index contributed by atoms with van der Waals surface area (Å²) in [5.41, 5.74) is 0. The number of hydrogen-bond acceptors (Lipinski definition) is 0. The van der Waals surface area contributed by atoms with Crippen molar-refractivity contribution >= 4 is 0 Å². The molecule has 0 fully saturated rings. The second kappa shape index (κ2) is 17.1. The van der Waals surface area contributed by atoms with E-state index in [1.165, 1.54) is 0 Å². The van der Waals surface area contributed by atoms with Crippen LogP contribution in [0.25, 0.3) is 6.15 Å². The van der Waals surface area contributed by atoms with Crippen LogP contribution in [0.15, 0.2) is 0 Å². The van der Waals surface area contributed by atoms with Crippen LogP contribution in [0.1, 0.15) is 0 Å². The molecule has 0 aliphatic rings. The monoisotopic (exact) mass is 342 g/mol. The van der Waals surface area contributed by atoms with Crippen LogP contribution in [0.5, 0.6) is 0 Å². The number of hydrogen-bond donors (Lipinski definition) is 0. The fourth-order valence-corrected chi connectivity index (χ4v) is 0. The molecule has 0 aliphatic carbocycles. The average molecular weight is 344 g/mol. The smallest absolute Gasteiger partial charge is 3.00 e. The normalized spacial score (nSPS) is 0. The first-order valence-corrected chi connectivity index (χ1v) is 0. The van der Waals surface area contributed by atoms with E-state index < -0.39 is 0 Å². The molecule has 0 amide bonds. The van der Waals surface area contributed by atoms with Crippen LogP contribution in [0.3, 0.4) is 0 Å². The molecule has 0 unspecified atom stereocenters. The summed E-state index contributed by atoms with van der Waals surface area (Å²) in [6.45, 7) is 0. The first kappa shape index (κ1) is 29.2. The molecule has 0 saturated carbocycles. The van der Waals surface area contributed by atoms with E-state index in [9.17, 15) is 0 Å². The molecular formula is NNb2Nd. The topological polar surface area (TPSA) is 30.5 Å². The molecule has 0 aromatic carbocycles. The number of nitrogens with zero attached hydrogens (tertiary/aromatic N) is 1. The summed E-state index contributed by atoms with van der Waals surface area (Å²) in [5.74, 6) is 0. The van der Waals surface area contributed by atoms with E-state index in [1.54, 1.807) is 0 Å². The minimum absolute atomic E-state index is 0. The Hall–Kier alpha value is 2.79. The predicted octanol–water partition coefficient (Wildman–Crippen LogP) is 0.284. The van der Waals surface area contributed by atoms with E-state index in [0.29, 0.717) is 0 Å². The van der Waals surface area contributed by atoms with E-state index in [0.717, 1.165) is 0 Å². The van der Waals surface area contributed by atoms with Crippen molar-refractivity contribution in [2.75, 3.05) is 0 Å². The molecule has 19 valence electrons. The first-order valence-electron chi connectivity index (χ1n) is 0. The molecule has 3 radical (unpaired) electrons. The Morgan fingerprint density at radius 2 is 0.750 bits per heavy atom. The van der Waals surface area contributed by atoms with E-state index in [4.69, 9.17) is 0 Å². The average Bonchev–Trinajstić information content (AvgIpc) is 0. The zero-order valence-electron chi connectivity index (χ0n) is 1.84. The van der Waals surface area contributed by atoms with Crippen LogP contribution in [-0.2, 0) is 44.8 Å². The third kappa shape index (κ3) is 8.84. The van der Waals surface area contributed by atoms with Gasteiger partial charge in [0.25, 0.3) is 0 Å². The van der Waals surface area contributed by atoms with Gasteiger partial charge in [-0.1, -0.05) is 0 Å². The molecule has 0 heterocycles. The van der Waals surface area contributed by atoms with Crippen molar-refractivity contribution in [2.45, 2.75) is 0 Å². The molecule has 0 rings (SSSR count). The summed E-state index contributed by atoms with van der Waals surface area (Å²) >= 11 is 0. The third-order valence-electron chi connectivity index (χ3n) is 0. The molecule has 4 heteroatoms. The quantitative estimate of drug-likeness (QED) is 0.566. The van der Waals surface area contributed by atoms with Gasteiger partial charge in [-0.15, -0.1) is 0 Å². The summed E-state index contributed by atoms with van der Waals surface area (Å²) in [4.78, 5) is 0. The molecule has 0 N–H and O–H groups in total. The Kier molecular flexibility index (Phi) is 125.